The highest BCUT2D eigenvalue weighted by atomic mass is 32.1. The predicted molar refractivity (Wildman–Crippen MR) is 202 cm³/mol. The van der Waals surface area contributed by atoms with E-state index in [1.807, 2.05) is 78.0 Å². The van der Waals surface area contributed by atoms with Gasteiger partial charge >= 0.3 is 0 Å². The first kappa shape index (κ1) is 35.7. The Kier molecular flexibility index (Phi) is 11.3. The lowest BCUT2D eigenvalue weighted by Crippen LogP contribution is -2.69. The van der Waals surface area contributed by atoms with Gasteiger partial charge in [0, 0.05) is 54.5 Å². The second-order valence-electron chi connectivity index (χ2n) is 14.8. The Balaban J connectivity index is 1.10. The lowest BCUT2D eigenvalue weighted by molar-refractivity contribution is -0.139. The Labute approximate surface area is 301 Å². The van der Waals surface area contributed by atoms with E-state index in [1.165, 1.54) is 37.0 Å². The van der Waals surface area contributed by atoms with Crippen molar-refractivity contribution in [2.45, 2.75) is 96.1 Å². The number of unbranched alkanes of at least 4 members (excludes halogenated alkanes) is 4. The zero-order valence-corrected chi connectivity index (χ0v) is 30.8. The highest BCUT2D eigenvalue weighted by Gasteiger charge is 2.49. The van der Waals surface area contributed by atoms with Crippen molar-refractivity contribution in [3.63, 3.8) is 0 Å². The van der Waals surface area contributed by atoms with E-state index in [4.69, 9.17) is 4.74 Å². The Morgan fingerprint density at radius 3 is 2.26 bits per heavy atom. The molecule has 1 spiro atoms. The Morgan fingerprint density at radius 2 is 1.62 bits per heavy atom. The van der Waals surface area contributed by atoms with Gasteiger partial charge in [-0.15, -0.1) is 11.3 Å². The highest BCUT2D eigenvalue weighted by molar-refractivity contribution is 7.14. The van der Waals surface area contributed by atoms with Crippen molar-refractivity contribution in [1.29, 1.82) is 0 Å². The summed E-state index contributed by atoms with van der Waals surface area (Å²) in [6, 6.07) is 19.3. The normalized spacial score (nSPS) is 15.9. The van der Waals surface area contributed by atoms with Crippen LogP contribution in [0.3, 0.4) is 0 Å². The van der Waals surface area contributed by atoms with Gasteiger partial charge < -0.3 is 20.3 Å². The van der Waals surface area contributed by atoms with Crippen molar-refractivity contribution in [3.05, 3.63) is 88.4 Å². The van der Waals surface area contributed by atoms with Crippen LogP contribution in [0.2, 0.25) is 0 Å². The van der Waals surface area contributed by atoms with Crippen molar-refractivity contribution in [2.24, 2.45) is 0 Å². The molecule has 2 fully saturated rings. The summed E-state index contributed by atoms with van der Waals surface area (Å²) in [4.78, 5) is 40.7. The molecular weight excluding hydrogens is 643 g/mol. The molecule has 2 aromatic carbocycles. The van der Waals surface area contributed by atoms with Crippen LogP contribution in [0.5, 0.6) is 5.75 Å². The molecule has 9 heteroatoms. The van der Waals surface area contributed by atoms with Crippen molar-refractivity contribution in [2.75, 3.05) is 26.2 Å². The van der Waals surface area contributed by atoms with Crippen LogP contribution in [0, 0.1) is 0 Å². The summed E-state index contributed by atoms with van der Waals surface area (Å²) in [5.41, 5.74) is 3.66. The summed E-state index contributed by atoms with van der Waals surface area (Å²) < 4.78 is 5.92. The monoisotopic (exact) mass is 693 g/mol. The molecule has 2 aliphatic rings. The van der Waals surface area contributed by atoms with E-state index in [0.29, 0.717) is 17.1 Å². The summed E-state index contributed by atoms with van der Waals surface area (Å²) in [7, 11) is 0. The maximum atomic E-state index is 14.1. The van der Waals surface area contributed by atoms with Gasteiger partial charge in [0.15, 0.2) is 5.82 Å². The van der Waals surface area contributed by atoms with Crippen molar-refractivity contribution in [1.82, 2.24) is 25.5 Å². The molecule has 264 valence electrons. The Bertz CT molecular complexity index is 1720. The minimum Gasteiger partial charge on any atom is -0.494 e. The van der Waals surface area contributed by atoms with E-state index in [2.05, 4.69) is 48.3 Å². The first-order valence-corrected chi connectivity index (χ1v) is 19.0. The van der Waals surface area contributed by atoms with Crippen LogP contribution in [0.25, 0.3) is 22.5 Å². The minimum atomic E-state index is -0.665. The third-order valence-electron chi connectivity index (χ3n) is 9.95. The molecule has 2 N–H and O–H groups in total. The van der Waals surface area contributed by atoms with Crippen LogP contribution in [-0.4, -0.2) is 64.5 Å². The van der Waals surface area contributed by atoms with Gasteiger partial charge in [-0.05, 0) is 60.1 Å². The topological polar surface area (TPSA) is 96.4 Å². The molecule has 0 saturated carbocycles. The number of rotatable bonds is 14. The molecule has 0 aliphatic carbocycles. The largest absolute Gasteiger partial charge is 0.494 e. The Morgan fingerprint density at radius 1 is 0.920 bits per heavy atom. The maximum absolute atomic E-state index is 14.1. The number of amides is 2. The number of nitrogens with zero attached hydrogens (tertiary/aromatic N) is 3. The molecular formula is C41H51N5O3S. The van der Waals surface area contributed by atoms with Crippen LogP contribution >= 0.6 is 11.3 Å². The van der Waals surface area contributed by atoms with E-state index >= 15 is 0 Å². The molecule has 8 nitrogen and oxygen atoms in total. The number of carbonyl (C=O) groups excluding carboxylic acids is 2. The lowest BCUT2D eigenvalue weighted by atomic mass is 9.88. The number of nitrogens with one attached hydrogen (secondary N) is 2. The van der Waals surface area contributed by atoms with Gasteiger partial charge in [-0.25, -0.2) is 9.97 Å². The molecule has 2 aliphatic heterocycles. The number of thiophene rings is 1. The molecule has 0 bridgehead atoms. The average molecular weight is 694 g/mol. The number of aromatic nitrogens is 2. The van der Waals surface area contributed by atoms with Gasteiger partial charge in [0.1, 0.15) is 11.8 Å². The molecule has 2 aromatic heterocycles. The van der Waals surface area contributed by atoms with E-state index in [1.54, 1.807) is 0 Å². The van der Waals surface area contributed by atoms with Crippen LogP contribution < -0.4 is 15.4 Å². The number of hydrogen-bond donors (Lipinski definition) is 2. The van der Waals surface area contributed by atoms with Gasteiger partial charge in [0.05, 0.1) is 17.0 Å². The van der Waals surface area contributed by atoms with Gasteiger partial charge in [0.2, 0.25) is 5.91 Å². The molecule has 0 radical (unpaired) electrons. The maximum Gasteiger partial charge on any atom is 0.262 e. The fourth-order valence-corrected chi connectivity index (χ4v) is 7.80. The number of benzene rings is 2. The number of carbonyl (C=O) groups is 2. The lowest BCUT2D eigenvalue weighted by Gasteiger charge is -2.47. The van der Waals surface area contributed by atoms with Crippen molar-refractivity contribution < 1.29 is 14.3 Å². The van der Waals surface area contributed by atoms with E-state index < -0.39 is 6.04 Å². The molecule has 1 atom stereocenters. The summed E-state index contributed by atoms with van der Waals surface area (Å²) in [6.45, 7) is 11.7. The SMILES string of the molecule is CCCCCCCOc1ccc(-c2cnc(-c3ccc(CC(NC(=O)c4ccc(C(C)(C)C)s4)C(=O)N4CCCC45CNC5)cc3)nc2)cc1. The fraction of sp³-hybridized carbons (Fsp3) is 0.463. The number of likely N-dealkylation sites (tertiary alicyclic amines) is 1. The second-order valence-corrected chi connectivity index (χ2v) is 15.9. The van der Waals surface area contributed by atoms with Crippen LogP contribution in [0.1, 0.15) is 92.8 Å². The van der Waals surface area contributed by atoms with Gasteiger partial charge in [-0.1, -0.05) is 89.8 Å². The van der Waals surface area contributed by atoms with Crippen molar-refractivity contribution >= 4 is 23.2 Å². The van der Waals surface area contributed by atoms with Crippen molar-refractivity contribution in [3.8, 4) is 28.3 Å². The van der Waals surface area contributed by atoms with Crippen LogP contribution in [-0.2, 0) is 16.6 Å². The molecule has 1 unspecified atom stereocenters. The molecule has 4 aromatic rings. The molecule has 2 amide bonds. The van der Waals surface area contributed by atoms with E-state index in [0.717, 1.165) is 78.4 Å². The Hall–Kier alpha value is -4.08. The number of hydrogen-bond acceptors (Lipinski definition) is 7. The van der Waals surface area contributed by atoms with Gasteiger partial charge in [-0.2, -0.15) is 0 Å². The second kappa shape index (κ2) is 15.9. The third kappa shape index (κ3) is 8.44. The van der Waals surface area contributed by atoms with E-state index in [-0.39, 0.29) is 22.8 Å². The number of ether oxygens (including phenoxy) is 1. The highest BCUT2D eigenvalue weighted by Crippen LogP contribution is 2.34. The first-order chi connectivity index (χ1) is 24.1. The quantitative estimate of drug-likeness (QED) is 0.131. The molecule has 2 saturated heterocycles. The smallest absolute Gasteiger partial charge is 0.262 e. The van der Waals surface area contributed by atoms with E-state index in [9.17, 15) is 9.59 Å². The zero-order chi connectivity index (χ0) is 35.1. The molecule has 6 rings (SSSR count). The first-order valence-electron chi connectivity index (χ1n) is 18.2. The standard InChI is InChI=1S/C41H51N5O3S/c1-5-6-7-8-9-23-49-33-17-15-30(16-18-33)32-25-43-37(44-26-32)31-13-11-29(12-14-31)24-34(39(48)46-22-10-21-41(46)27-42-28-41)45-38(47)35-19-20-36(50-35)40(2,3)4/h11-20,25-26,34,42H,5-10,21-24,27-28H2,1-4H3,(H,45,47). The zero-order valence-electron chi connectivity index (χ0n) is 30.0. The average Bonchev–Trinajstić information content (AvgIpc) is 3.79. The summed E-state index contributed by atoms with van der Waals surface area (Å²) >= 11 is 1.49. The van der Waals surface area contributed by atoms with Crippen LogP contribution in [0.15, 0.2) is 73.1 Å². The summed E-state index contributed by atoms with van der Waals surface area (Å²) in [6.07, 6.45) is 12.2. The third-order valence-corrected chi connectivity index (χ3v) is 11.5. The molecule has 50 heavy (non-hydrogen) atoms. The minimum absolute atomic E-state index is 0.00467. The summed E-state index contributed by atoms with van der Waals surface area (Å²) in [5, 5.41) is 6.48. The summed E-state index contributed by atoms with van der Waals surface area (Å²) in [5.74, 6) is 1.31. The predicted octanol–water partition coefficient (Wildman–Crippen LogP) is 7.82. The van der Waals surface area contributed by atoms with Crippen LogP contribution in [0.4, 0.5) is 0 Å². The molecule has 4 heterocycles. The van der Waals surface area contributed by atoms with Gasteiger partial charge in [-0.3, -0.25) is 9.59 Å². The van der Waals surface area contributed by atoms with Gasteiger partial charge in [0.25, 0.3) is 5.91 Å². The fourth-order valence-electron chi connectivity index (χ4n) is 6.84.